The zero-order chi connectivity index (χ0) is 15.9. The van der Waals surface area contributed by atoms with Gasteiger partial charge in [-0.15, -0.1) is 0 Å². The number of nitrogens with zero attached hydrogens (tertiary/aromatic N) is 3. The van der Waals surface area contributed by atoms with E-state index >= 15 is 0 Å². The summed E-state index contributed by atoms with van der Waals surface area (Å²) in [5.41, 5.74) is -0.722. The molecule has 0 aromatic carbocycles. The number of aryl methyl sites for hydroxylation is 1. The Hall–Kier alpha value is -1.60. The van der Waals surface area contributed by atoms with Crippen LogP contribution in [-0.2, 0) is 11.8 Å². The van der Waals surface area contributed by atoms with Crippen LogP contribution in [0.1, 0.15) is 29.8 Å². The molecule has 2 atom stereocenters. The highest BCUT2D eigenvalue weighted by Gasteiger charge is 2.50. The molecule has 120 valence electrons. The van der Waals surface area contributed by atoms with Crippen LogP contribution in [0.15, 0.2) is 6.20 Å². The fourth-order valence-corrected chi connectivity index (χ4v) is 3.63. The van der Waals surface area contributed by atoms with Gasteiger partial charge in [0.05, 0.1) is 16.5 Å². The number of carbonyl (C=O) groups excluding carboxylic acids is 2. The van der Waals surface area contributed by atoms with Crippen molar-refractivity contribution in [1.82, 2.24) is 20.0 Å². The van der Waals surface area contributed by atoms with E-state index in [1.165, 1.54) is 4.68 Å². The molecule has 0 unspecified atom stereocenters. The number of hydrogen-bond donors (Lipinski definition) is 2. The van der Waals surface area contributed by atoms with Gasteiger partial charge in [-0.05, 0) is 19.3 Å². The van der Waals surface area contributed by atoms with E-state index in [4.69, 9.17) is 11.6 Å². The maximum absolute atomic E-state index is 12.6. The van der Waals surface area contributed by atoms with E-state index in [1.54, 1.807) is 18.1 Å². The summed E-state index contributed by atoms with van der Waals surface area (Å²) in [7, 11) is 1.69. The molecule has 2 N–H and O–H groups in total. The number of amides is 2. The van der Waals surface area contributed by atoms with Crippen LogP contribution in [0.5, 0.6) is 0 Å². The minimum Gasteiger partial charge on any atom is -0.392 e. The average Bonchev–Trinajstić information content (AvgIpc) is 2.83. The van der Waals surface area contributed by atoms with Crippen molar-refractivity contribution in [1.29, 1.82) is 0 Å². The Labute approximate surface area is 133 Å². The molecule has 1 spiro atoms. The number of halogens is 1. The third kappa shape index (κ3) is 2.38. The first-order chi connectivity index (χ1) is 10.4. The van der Waals surface area contributed by atoms with Crippen molar-refractivity contribution in [2.75, 3.05) is 19.6 Å². The lowest BCUT2D eigenvalue weighted by Crippen LogP contribution is -2.62. The third-order valence-electron chi connectivity index (χ3n) is 4.59. The van der Waals surface area contributed by atoms with Gasteiger partial charge >= 0.3 is 0 Å². The second kappa shape index (κ2) is 5.55. The van der Waals surface area contributed by atoms with Crippen LogP contribution >= 0.6 is 11.6 Å². The van der Waals surface area contributed by atoms with Gasteiger partial charge in [0.15, 0.2) is 5.69 Å². The summed E-state index contributed by atoms with van der Waals surface area (Å²) in [5.74, 6) is -0.467. The van der Waals surface area contributed by atoms with Crippen LogP contribution in [0, 0.1) is 5.41 Å². The van der Waals surface area contributed by atoms with Crippen molar-refractivity contribution < 1.29 is 14.7 Å². The van der Waals surface area contributed by atoms with Crippen LogP contribution in [0.4, 0.5) is 0 Å². The molecule has 3 rings (SSSR count). The molecule has 2 fully saturated rings. The number of aliphatic hydroxyl groups is 1. The topological polar surface area (TPSA) is 87.5 Å². The molecule has 1 aromatic heterocycles. The number of likely N-dealkylation sites (tertiary alicyclic amines) is 1. The molecule has 3 heterocycles. The normalized spacial score (nSPS) is 28.8. The van der Waals surface area contributed by atoms with Crippen molar-refractivity contribution in [2.45, 2.75) is 25.4 Å². The molecular formula is C14H19ClN4O3. The number of nitrogens with one attached hydrogen (secondary N) is 1. The molecule has 2 aliphatic rings. The maximum Gasteiger partial charge on any atom is 0.275 e. The van der Waals surface area contributed by atoms with E-state index in [9.17, 15) is 14.7 Å². The van der Waals surface area contributed by atoms with Crippen LogP contribution in [-0.4, -0.2) is 57.3 Å². The number of carbonyl (C=O) groups is 2. The van der Waals surface area contributed by atoms with Gasteiger partial charge in [0, 0.05) is 32.9 Å². The highest BCUT2D eigenvalue weighted by atomic mass is 35.5. The Morgan fingerprint density at radius 2 is 2.36 bits per heavy atom. The first-order valence-corrected chi connectivity index (χ1v) is 7.76. The SMILES string of the molecule is Cn1cc(Cl)c(C(=O)N2CC[C@H](O)[C@@]3(CCCNC3=O)C2)n1. The molecule has 8 heteroatoms. The van der Waals surface area contributed by atoms with Crippen LogP contribution in [0.25, 0.3) is 0 Å². The van der Waals surface area contributed by atoms with Crippen molar-refractivity contribution in [3.8, 4) is 0 Å². The predicted octanol–water partition coefficient (Wildman–Crippen LogP) is 0.177. The predicted molar refractivity (Wildman–Crippen MR) is 79.4 cm³/mol. The van der Waals surface area contributed by atoms with Gasteiger partial charge in [-0.1, -0.05) is 11.6 Å². The summed E-state index contributed by atoms with van der Waals surface area (Å²) in [5, 5.41) is 17.5. The lowest BCUT2D eigenvalue weighted by Gasteiger charge is -2.46. The molecule has 2 saturated heterocycles. The second-order valence-corrected chi connectivity index (χ2v) is 6.45. The fourth-order valence-electron chi connectivity index (χ4n) is 3.37. The van der Waals surface area contributed by atoms with Gasteiger partial charge in [0.25, 0.3) is 5.91 Å². The largest absolute Gasteiger partial charge is 0.392 e. The molecule has 2 amide bonds. The monoisotopic (exact) mass is 326 g/mol. The van der Waals surface area contributed by atoms with E-state index in [1.807, 2.05) is 0 Å². The maximum atomic E-state index is 12.6. The van der Waals surface area contributed by atoms with Crippen LogP contribution < -0.4 is 5.32 Å². The van der Waals surface area contributed by atoms with Gasteiger partial charge in [0.1, 0.15) is 0 Å². The Morgan fingerprint density at radius 1 is 1.59 bits per heavy atom. The molecule has 22 heavy (non-hydrogen) atoms. The molecule has 2 aliphatic heterocycles. The average molecular weight is 327 g/mol. The fraction of sp³-hybridized carbons (Fsp3) is 0.643. The van der Waals surface area contributed by atoms with Crippen molar-refractivity contribution in [3.63, 3.8) is 0 Å². The second-order valence-electron chi connectivity index (χ2n) is 6.05. The summed E-state index contributed by atoms with van der Waals surface area (Å²) < 4.78 is 1.48. The lowest BCUT2D eigenvalue weighted by atomic mass is 9.71. The molecule has 0 bridgehead atoms. The summed E-state index contributed by atoms with van der Waals surface area (Å²) in [6, 6.07) is 0. The zero-order valence-corrected chi connectivity index (χ0v) is 13.1. The summed E-state index contributed by atoms with van der Waals surface area (Å²) in [4.78, 5) is 26.5. The Morgan fingerprint density at radius 3 is 3.00 bits per heavy atom. The Balaban J connectivity index is 1.85. The number of hydrogen-bond acceptors (Lipinski definition) is 4. The smallest absolute Gasteiger partial charge is 0.275 e. The van der Waals surface area contributed by atoms with Crippen molar-refractivity contribution in [2.24, 2.45) is 12.5 Å². The van der Waals surface area contributed by atoms with Crippen molar-refractivity contribution >= 4 is 23.4 Å². The number of aromatic nitrogens is 2. The minimum atomic E-state index is -0.909. The molecule has 0 radical (unpaired) electrons. The van der Waals surface area contributed by atoms with Crippen LogP contribution in [0.3, 0.4) is 0 Å². The van der Waals surface area contributed by atoms with E-state index in [-0.39, 0.29) is 24.1 Å². The van der Waals surface area contributed by atoms with E-state index in [0.717, 1.165) is 6.42 Å². The van der Waals surface area contributed by atoms with Gasteiger partial charge in [-0.25, -0.2) is 0 Å². The number of aliphatic hydroxyl groups excluding tert-OH is 1. The molecule has 7 nitrogen and oxygen atoms in total. The van der Waals surface area contributed by atoms with E-state index in [0.29, 0.717) is 31.0 Å². The quantitative estimate of drug-likeness (QED) is 0.770. The Kier molecular flexibility index (Phi) is 3.86. The highest BCUT2D eigenvalue weighted by molar-refractivity contribution is 6.33. The van der Waals surface area contributed by atoms with Crippen LogP contribution in [0.2, 0.25) is 5.02 Å². The summed E-state index contributed by atoms with van der Waals surface area (Å²) in [6.45, 7) is 1.21. The van der Waals surface area contributed by atoms with E-state index in [2.05, 4.69) is 10.4 Å². The first kappa shape index (κ1) is 15.3. The van der Waals surface area contributed by atoms with Gasteiger partial charge < -0.3 is 15.3 Å². The molecular weight excluding hydrogens is 308 g/mol. The van der Waals surface area contributed by atoms with Gasteiger partial charge in [-0.3, -0.25) is 14.3 Å². The first-order valence-electron chi connectivity index (χ1n) is 7.39. The summed E-state index contributed by atoms with van der Waals surface area (Å²) >= 11 is 6.03. The molecule has 1 aromatic rings. The Bertz CT molecular complexity index is 617. The third-order valence-corrected chi connectivity index (χ3v) is 4.87. The zero-order valence-electron chi connectivity index (χ0n) is 12.4. The standard InChI is InChI=1S/C14H19ClN4O3/c1-18-7-9(15)11(17-18)12(21)19-6-3-10(20)14(8-19)4-2-5-16-13(14)22/h7,10,20H,2-6,8H2,1H3,(H,16,22)/t10-,14+/m0/s1. The molecule has 0 aliphatic carbocycles. The van der Waals surface area contributed by atoms with Gasteiger partial charge in [0.2, 0.25) is 5.91 Å². The minimum absolute atomic E-state index is 0.170. The van der Waals surface area contributed by atoms with E-state index < -0.39 is 11.5 Å². The number of rotatable bonds is 1. The lowest BCUT2D eigenvalue weighted by molar-refractivity contribution is -0.147. The summed E-state index contributed by atoms with van der Waals surface area (Å²) in [6.07, 6.45) is 2.60. The number of piperidine rings is 2. The highest BCUT2D eigenvalue weighted by Crippen LogP contribution is 2.37. The van der Waals surface area contributed by atoms with Gasteiger partial charge in [-0.2, -0.15) is 5.10 Å². The molecule has 0 saturated carbocycles. The van der Waals surface area contributed by atoms with Crippen molar-refractivity contribution in [3.05, 3.63) is 16.9 Å².